The molecule has 2 aromatic rings. The van der Waals surface area contributed by atoms with Gasteiger partial charge in [0.2, 0.25) is 5.91 Å². The third-order valence-electron chi connectivity index (χ3n) is 5.81. The van der Waals surface area contributed by atoms with Crippen LogP contribution in [0.2, 0.25) is 0 Å². The lowest BCUT2D eigenvalue weighted by molar-refractivity contribution is -0.153. The average Bonchev–Trinajstić information content (AvgIpc) is 2.86. The minimum absolute atomic E-state index is 0.0490. The zero-order valence-electron chi connectivity index (χ0n) is 18.8. The number of alkyl halides is 1. The van der Waals surface area contributed by atoms with Crippen LogP contribution in [0.15, 0.2) is 65.9 Å². The number of thioether (sulfide) groups is 1. The Labute approximate surface area is 207 Å². The van der Waals surface area contributed by atoms with Gasteiger partial charge in [-0.1, -0.05) is 42.5 Å². The molecule has 0 aliphatic carbocycles. The SMILES string of the molecule is COc1ccc(COC(=O)C2=C(CCl)[C@H](C)S[C@@H]3[C@H](NC(=O)Cc4ccccc4)C(=O)N23)cc1. The van der Waals surface area contributed by atoms with Crippen LogP contribution in [0.4, 0.5) is 0 Å². The van der Waals surface area contributed by atoms with Gasteiger partial charge in [-0.15, -0.1) is 23.4 Å². The van der Waals surface area contributed by atoms with E-state index in [0.717, 1.165) is 11.1 Å². The van der Waals surface area contributed by atoms with Crippen molar-refractivity contribution < 1.29 is 23.9 Å². The molecular formula is C25H25ClN2O5S. The van der Waals surface area contributed by atoms with E-state index in [9.17, 15) is 14.4 Å². The lowest BCUT2D eigenvalue weighted by Crippen LogP contribution is -2.71. The molecule has 34 heavy (non-hydrogen) atoms. The molecule has 2 heterocycles. The number of hydrogen-bond acceptors (Lipinski definition) is 6. The first kappa shape index (κ1) is 24.2. The van der Waals surface area contributed by atoms with E-state index in [1.54, 1.807) is 31.4 Å². The maximum Gasteiger partial charge on any atom is 0.355 e. The van der Waals surface area contributed by atoms with E-state index in [4.69, 9.17) is 21.1 Å². The van der Waals surface area contributed by atoms with Crippen molar-refractivity contribution in [3.05, 3.63) is 77.0 Å². The van der Waals surface area contributed by atoms with E-state index >= 15 is 0 Å². The van der Waals surface area contributed by atoms with Gasteiger partial charge < -0.3 is 14.8 Å². The molecule has 0 saturated carbocycles. The molecule has 0 spiro atoms. The van der Waals surface area contributed by atoms with Gasteiger partial charge in [0.15, 0.2) is 0 Å². The van der Waals surface area contributed by atoms with E-state index < -0.39 is 17.4 Å². The summed E-state index contributed by atoms with van der Waals surface area (Å²) in [7, 11) is 1.58. The van der Waals surface area contributed by atoms with Gasteiger partial charge >= 0.3 is 5.97 Å². The Morgan fingerprint density at radius 1 is 1.09 bits per heavy atom. The Bertz CT molecular complexity index is 1110. The van der Waals surface area contributed by atoms with Crippen molar-refractivity contribution in [3.8, 4) is 5.75 Å². The number of halogens is 1. The van der Waals surface area contributed by atoms with Crippen molar-refractivity contribution in [2.75, 3.05) is 13.0 Å². The Morgan fingerprint density at radius 3 is 2.44 bits per heavy atom. The molecule has 3 atom stereocenters. The predicted octanol–water partition coefficient (Wildman–Crippen LogP) is 3.26. The number of carbonyl (C=O) groups is 3. The quantitative estimate of drug-likeness (QED) is 0.340. The molecule has 7 nitrogen and oxygen atoms in total. The second-order valence-corrected chi connectivity index (χ2v) is 9.75. The number of ether oxygens (including phenoxy) is 2. The summed E-state index contributed by atoms with van der Waals surface area (Å²) in [6, 6.07) is 15.8. The van der Waals surface area contributed by atoms with Crippen molar-refractivity contribution >= 4 is 41.1 Å². The highest BCUT2D eigenvalue weighted by Gasteiger charge is 2.55. The van der Waals surface area contributed by atoms with Crippen molar-refractivity contribution in [1.82, 2.24) is 10.2 Å². The van der Waals surface area contributed by atoms with Crippen molar-refractivity contribution in [2.24, 2.45) is 0 Å². The van der Waals surface area contributed by atoms with E-state index in [2.05, 4.69) is 5.32 Å². The molecule has 2 aliphatic rings. The zero-order valence-corrected chi connectivity index (χ0v) is 20.4. The molecule has 1 fully saturated rings. The Hall–Kier alpha value is -2.97. The van der Waals surface area contributed by atoms with Gasteiger partial charge in [0.1, 0.15) is 29.5 Å². The largest absolute Gasteiger partial charge is 0.497 e. The second kappa shape index (κ2) is 10.5. The lowest BCUT2D eigenvalue weighted by Gasteiger charge is -2.51. The van der Waals surface area contributed by atoms with E-state index in [1.807, 2.05) is 37.3 Å². The smallest absolute Gasteiger partial charge is 0.355 e. The molecular weight excluding hydrogens is 476 g/mol. The summed E-state index contributed by atoms with van der Waals surface area (Å²) < 4.78 is 10.7. The number of methoxy groups -OCH3 is 1. The van der Waals surface area contributed by atoms with Crippen LogP contribution < -0.4 is 10.1 Å². The maximum atomic E-state index is 13.1. The number of esters is 1. The number of nitrogens with one attached hydrogen (secondary N) is 1. The first-order valence-corrected chi connectivity index (χ1v) is 12.3. The van der Waals surface area contributed by atoms with Crippen LogP contribution in [0.25, 0.3) is 0 Å². The molecule has 4 rings (SSSR count). The normalized spacial score (nSPS) is 21.4. The standard InChI is InChI=1S/C25H25ClN2O5S/c1-15-19(13-26)22(25(31)33-14-17-8-10-18(32-2)11-9-17)28-23(30)21(24(28)34-15)27-20(29)12-16-6-4-3-5-7-16/h3-11,15,21,24H,12-14H2,1-2H3,(H,27,29)/t15-,21+,24+/m0/s1. The van der Waals surface area contributed by atoms with Gasteiger partial charge in [0, 0.05) is 11.1 Å². The van der Waals surface area contributed by atoms with Crippen LogP contribution in [0.3, 0.4) is 0 Å². The summed E-state index contributed by atoms with van der Waals surface area (Å²) in [5.74, 6) is -0.387. The van der Waals surface area contributed by atoms with Crippen LogP contribution in [-0.4, -0.2) is 52.3 Å². The van der Waals surface area contributed by atoms with Gasteiger partial charge in [-0.05, 0) is 35.8 Å². The highest BCUT2D eigenvalue weighted by atomic mass is 35.5. The minimum Gasteiger partial charge on any atom is -0.497 e. The molecule has 0 unspecified atom stereocenters. The fourth-order valence-corrected chi connectivity index (χ4v) is 5.86. The summed E-state index contributed by atoms with van der Waals surface area (Å²) in [6.45, 7) is 1.98. The van der Waals surface area contributed by atoms with Crippen LogP contribution in [0.5, 0.6) is 5.75 Å². The molecule has 0 aromatic heterocycles. The van der Waals surface area contributed by atoms with Crippen molar-refractivity contribution in [1.29, 1.82) is 0 Å². The predicted molar refractivity (Wildman–Crippen MR) is 130 cm³/mol. The van der Waals surface area contributed by atoms with Crippen LogP contribution in [-0.2, 0) is 32.1 Å². The summed E-state index contributed by atoms with van der Waals surface area (Å²) in [5, 5.41) is 2.33. The first-order chi connectivity index (χ1) is 16.4. The molecule has 0 radical (unpaired) electrons. The molecule has 9 heteroatoms. The molecule has 2 aliphatic heterocycles. The fraction of sp³-hybridized carbons (Fsp3) is 0.320. The average molecular weight is 501 g/mol. The third kappa shape index (κ3) is 4.93. The molecule has 178 valence electrons. The Balaban J connectivity index is 1.45. The molecule has 1 saturated heterocycles. The fourth-order valence-electron chi connectivity index (χ4n) is 3.96. The minimum atomic E-state index is -0.704. The Morgan fingerprint density at radius 2 is 1.79 bits per heavy atom. The number of hydrogen-bond donors (Lipinski definition) is 1. The molecule has 1 N–H and O–H groups in total. The highest BCUT2D eigenvalue weighted by Crippen LogP contribution is 2.44. The van der Waals surface area contributed by atoms with Gasteiger partial charge in [-0.3, -0.25) is 14.5 Å². The number of carbonyl (C=O) groups excluding carboxylic acids is 3. The summed E-state index contributed by atoms with van der Waals surface area (Å²) in [4.78, 5) is 40.0. The summed E-state index contributed by atoms with van der Waals surface area (Å²) in [5.41, 5.74) is 2.47. The zero-order chi connectivity index (χ0) is 24.2. The lowest BCUT2D eigenvalue weighted by atomic mass is 10.0. The van der Waals surface area contributed by atoms with Gasteiger partial charge in [-0.25, -0.2) is 4.79 Å². The number of rotatable bonds is 8. The van der Waals surface area contributed by atoms with Crippen molar-refractivity contribution in [2.45, 2.75) is 36.6 Å². The highest BCUT2D eigenvalue weighted by molar-refractivity contribution is 8.00. The number of amides is 2. The Kier molecular flexibility index (Phi) is 7.48. The van der Waals surface area contributed by atoms with Gasteiger partial charge in [0.25, 0.3) is 5.91 Å². The maximum absolute atomic E-state index is 13.1. The topological polar surface area (TPSA) is 84.9 Å². The van der Waals surface area contributed by atoms with Gasteiger partial charge in [0.05, 0.1) is 13.5 Å². The molecule has 0 bridgehead atoms. The second-order valence-electron chi connectivity index (χ2n) is 8.02. The summed E-state index contributed by atoms with van der Waals surface area (Å²) in [6.07, 6.45) is 0.178. The number of β-lactam (4-membered cyclic amide) rings is 1. The third-order valence-corrected chi connectivity index (χ3v) is 7.56. The molecule has 2 aromatic carbocycles. The number of benzene rings is 2. The van der Waals surface area contributed by atoms with Crippen molar-refractivity contribution in [3.63, 3.8) is 0 Å². The van der Waals surface area contributed by atoms with E-state index in [-0.39, 0.29) is 41.7 Å². The van der Waals surface area contributed by atoms with E-state index in [1.165, 1.54) is 16.7 Å². The first-order valence-electron chi connectivity index (χ1n) is 10.8. The van der Waals surface area contributed by atoms with Crippen LogP contribution in [0, 0.1) is 0 Å². The van der Waals surface area contributed by atoms with Gasteiger partial charge in [-0.2, -0.15) is 0 Å². The number of nitrogens with zero attached hydrogens (tertiary/aromatic N) is 1. The summed E-state index contributed by atoms with van der Waals surface area (Å²) >= 11 is 7.65. The van der Waals surface area contributed by atoms with Crippen LogP contribution >= 0.6 is 23.4 Å². The molecule has 2 amide bonds. The monoisotopic (exact) mass is 500 g/mol. The number of fused-ring (bicyclic) bond motifs is 1. The van der Waals surface area contributed by atoms with E-state index in [0.29, 0.717) is 11.3 Å². The van der Waals surface area contributed by atoms with Crippen LogP contribution in [0.1, 0.15) is 18.1 Å².